The van der Waals surface area contributed by atoms with Gasteiger partial charge in [0, 0.05) is 37.9 Å². The Morgan fingerprint density at radius 2 is 2.03 bits per heavy atom. The number of amides is 1. The quantitative estimate of drug-likeness (QED) is 0.652. The van der Waals surface area contributed by atoms with E-state index in [9.17, 15) is 14.0 Å². The average molecular weight is 456 g/mol. The average Bonchev–Trinajstić information content (AvgIpc) is 2.99. The lowest BCUT2D eigenvalue weighted by Gasteiger charge is -2.35. The highest BCUT2D eigenvalue weighted by molar-refractivity contribution is 5.87. The number of alkyl carbamates (subject to hydrolysis) is 1. The van der Waals surface area contributed by atoms with Crippen LogP contribution in [0, 0.1) is 5.82 Å². The summed E-state index contributed by atoms with van der Waals surface area (Å²) in [5.74, 6) is -0.355. The van der Waals surface area contributed by atoms with Crippen LogP contribution in [0.25, 0.3) is 11.2 Å². The van der Waals surface area contributed by atoms with Gasteiger partial charge in [0.15, 0.2) is 5.65 Å². The third-order valence-corrected chi connectivity index (χ3v) is 5.76. The van der Waals surface area contributed by atoms with Gasteiger partial charge in [0.1, 0.15) is 16.9 Å². The van der Waals surface area contributed by atoms with Gasteiger partial charge < -0.3 is 15.0 Å². The summed E-state index contributed by atoms with van der Waals surface area (Å²) in [5, 5.41) is 2.96. The molecule has 1 atom stereocenters. The summed E-state index contributed by atoms with van der Waals surface area (Å²) in [6.45, 7) is 6.94. The van der Waals surface area contributed by atoms with Crippen LogP contribution in [0.3, 0.4) is 0 Å². The van der Waals surface area contributed by atoms with Gasteiger partial charge in [-0.3, -0.25) is 9.13 Å². The number of anilines is 1. The Morgan fingerprint density at radius 3 is 2.76 bits per heavy atom. The number of fused-ring (bicyclic) bond motifs is 1. The molecular formula is C24H30FN5O3. The van der Waals surface area contributed by atoms with Gasteiger partial charge in [-0.05, 0) is 45.7 Å². The maximum Gasteiger partial charge on any atom is 0.407 e. The van der Waals surface area contributed by atoms with Gasteiger partial charge in [0.25, 0.3) is 0 Å². The highest BCUT2D eigenvalue weighted by Crippen LogP contribution is 2.28. The molecule has 1 amide bonds. The molecule has 1 saturated heterocycles. The lowest BCUT2D eigenvalue weighted by molar-refractivity contribution is 0.0500. The smallest absolute Gasteiger partial charge is 0.407 e. The number of rotatable bonds is 4. The summed E-state index contributed by atoms with van der Waals surface area (Å²) in [6.07, 6.45) is 2.94. The molecule has 9 heteroatoms. The molecule has 1 N–H and O–H groups in total. The van der Waals surface area contributed by atoms with Crippen molar-refractivity contribution < 1.29 is 13.9 Å². The molecule has 176 valence electrons. The fraction of sp³-hybridized carbons (Fsp3) is 0.458. The largest absolute Gasteiger partial charge is 0.444 e. The van der Waals surface area contributed by atoms with E-state index in [1.54, 1.807) is 36.0 Å². The SMILES string of the molecule is Cn1c(=O)n(Cc2ccccc2F)c2c(N3CCC[C@@H](NC(=O)OC(C)(C)C)C3)ccnc21. The highest BCUT2D eigenvalue weighted by Gasteiger charge is 2.27. The van der Waals surface area contributed by atoms with E-state index < -0.39 is 11.7 Å². The molecule has 0 aliphatic carbocycles. The summed E-state index contributed by atoms with van der Waals surface area (Å²) in [6, 6.07) is 8.23. The second kappa shape index (κ2) is 8.88. The molecular weight excluding hydrogens is 425 g/mol. The molecule has 1 aliphatic heterocycles. The van der Waals surface area contributed by atoms with Gasteiger partial charge in [-0.2, -0.15) is 0 Å². The number of ether oxygens (including phenoxy) is 1. The zero-order valence-corrected chi connectivity index (χ0v) is 19.5. The number of hydrogen-bond acceptors (Lipinski definition) is 5. The molecule has 0 spiro atoms. The first-order valence-electron chi connectivity index (χ1n) is 11.2. The number of carbonyl (C=O) groups excluding carboxylic acids is 1. The van der Waals surface area contributed by atoms with Crippen LogP contribution in [0.2, 0.25) is 0 Å². The molecule has 0 radical (unpaired) electrons. The molecule has 1 aliphatic rings. The summed E-state index contributed by atoms with van der Waals surface area (Å²) >= 11 is 0. The zero-order valence-electron chi connectivity index (χ0n) is 19.5. The second-order valence-electron chi connectivity index (χ2n) is 9.45. The number of hydrogen-bond donors (Lipinski definition) is 1. The van der Waals surface area contributed by atoms with Crippen LogP contribution in [0.5, 0.6) is 0 Å². The van der Waals surface area contributed by atoms with Crippen LogP contribution in [0.4, 0.5) is 14.9 Å². The van der Waals surface area contributed by atoms with E-state index in [1.165, 1.54) is 10.6 Å². The van der Waals surface area contributed by atoms with Crippen molar-refractivity contribution >= 4 is 22.9 Å². The van der Waals surface area contributed by atoms with Crippen LogP contribution >= 0.6 is 0 Å². The number of aromatic nitrogens is 3. The van der Waals surface area contributed by atoms with Crippen molar-refractivity contribution in [3.05, 3.63) is 58.4 Å². The van der Waals surface area contributed by atoms with Crippen molar-refractivity contribution in [1.82, 2.24) is 19.4 Å². The minimum absolute atomic E-state index is 0.0905. The van der Waals surface area contributed by atoms with Crippen molar-refractivity contribution in [2.75, 3.05) is 18.0 Å². The van der Waals surface area contributed by atoms with Gasteiger partial charge in [-0.25, -0.2) is 19.0 Å². The molecule has 0 unspecified atom stereocenters. The number of nitrogens with zero attached hydrogens (tertiary/aromatic N) is 4. The summed E-state index contributed by atoms with van der Waals surface area (Å²) < 4.78 is 22.8. The van der Waals surface area contributed by atoms with Gasteiger partial charge >= 0.3 is 11.8 Å². The maximum atomic E-state index is 14.4. The number of aryl methyl sites for hydroxylation is 1. The molecule has 2 aromatic heterocycles. The molecule has 1 aromatic carbocycles. The number of imidazole rings is 1. The molecule has 0 bridgehead atoms. The van der Waals surface area contributed by atoms with Crippen LogP contribution in [0.15, 0.2) is 41.3 Å². The van der Waals surface area contributed by atoms with Gasteiger partial charge in [0.2, 0.25) is 0 Å². The maximum absolute atomic E-state index is 14.4. The van der Waals surface area contributed by atoms with Crippen molar-refractivity contribution in [3.63, 3.8) is 0 Å². The van der Waals surface area contributed by atoms with Gasteiger partial charge in [-0.1, -0.05) is 18.2 Å². The zero-order chi connectivity index (χ0) is 23.8. The monoisotopic (exact) mass is 455 g/mol. The van der Waals surface area contributed by atoms with Crippen LogP contribution < -0.4 is 15.9 Å². The fourth-order valence-electron chi connectivity index (χ4n) is 4.29. The first-order valence-corrected chi connectivity index (χ1v) is 11.2. The van der Waals surface area contributed by atoms with E-state index in [0.717, 1.165) is 25.1 Å². The third-order valence-electron chi connectivity index (χ3n) is 5.76. The number of nitrogens with one attached hydrogen (secondary N) is 1. The Labute approximate surface area is 192 Å². The van der Waals surface area contributed by atoms with E-state index in [4.69, 9.17) is 4.74 Å². The van der Waals surface area contributed by atoms with Gasteiger partial charge in [0.05, 0.1) is 12.2 Å². The fourth-order valence-corrected chi connectivity index (χ4v) is 4.29. The van der Waals surface area contributed by atoms with Crippen molar-refractivity contribution in [1.29, 1.82) is 0 Å². The first-order chi connectivity index (χ1) is 15.6. The van der Waals surface area contributed by atoms with Crippen molar-refractivity contribution in [2.24, 2.45) is 7.05 Å². The number of piperidine rings is 1. The second-order valence-corrected chi connectivity index (χ2v) is 9.45. The Kier molecular flexibility index (Phi) is 6.14. The molecule has 33 heavy (non-hydrogen) atoms. The minimum Gasteiger partial charge on any atom is -0.444 e. The van der Waals surface area contributed by atoms with E-state index in [-0.39, 0.29) is 24.1 Å². The Morgan fingerprint density at radius 1 is 1.27 bits per heavy atom. The number of carbonyl (C=O) groups is 1. The van der Waals surface area contributed by atoms with Crippen molar-refractivity contribution in [3.8, 4) is 0 Å². The number of pyridine rings is 1. The summed E-state index contributed by atoms with van der Waals surface area (Å²) in [5.41, 5.74) is 1.65. The van der Waals surface area contributed by atoms with Crippen LogP contribution in [0.1, 0.15) is 39.2 Å². The Balaban J connectivity index is 1.66. The highest BCUT2D eigenvalue weighted by atomic mass is 19.1. The van der Waals surface area contributed by atoms with Crippen molar-refractivity contribution in [2.45, 2.75) is 51.8 Å². The number of halogens is 1. The van der Waals surface area contributed by atoms with Gasteiger partial charge in [-0.15, -0.1) is 0 Å². The molecule has 1 fully saturated rings. The predicted octanol–water partition coefficient (Wildman–Crippen LogP) is 3.42. The molecule has 4 rings (SSSR count). The lowest BCUT2D eigenvalue weighted by atomic mass is 10.0. The normalized spacial score (nSPS) is 16.8. The summed E-state index contributed by atoms with van der Waals surface area (Å²) in [4.78, 5) is 31.9. The minimum atomic E-state index is -0.567. The Bertz CT molecular complexity index is 1230. The predicted molar refractivity (Wildman–Crippen MR) is 125 cm³/mol. The standard InChI is InChI=1S/C24H30FN5O3/c1-24(2,3)33-22(31)27-17-9-7-13-29(15-17)19-11-12-26-21-20(19)30(23(32)28(21)4)14-16-8-5-6-10-18(16)25/h5-6,8,10-12,17H,7,9,13-15H2,1-4H3,(H,27,31)/t17-/m1/s1. The number of benzene rings is 1. The molecule has 0 saturated carbocycles. The van der Waals surface area contributed by atoms with E-state index in [1.807, 2.05) is 26.8 Å². The first kappa shape index (κ1) is 22.8. The lowest BCUT2D eigenvalue weighted by Crippen LogP contribution is -2.49. The van der Waals surface area contributed by atoms with E-state index >= 15 is 0 Å². The van der Waals surface area contributed by atoms with Crippen LogP contribution in [-0.2, 0) is 18.3 Å². The summed E-state index contributed by atoms with van der Waals surface area (Å²) in [7, 11) is 1.67. The topological polar surface area (TPSA) is 81.4 Å². The molecule has 3 aromatic rings. The van der Waals surface area contributed by atoms with E-state index in [0.29, 0.717) is 23.3 Å². The Hall–Kier alpha value is -3.36. The molecule has 3 heterocycles. The molecule has 8 nitrogen and oxygen atoms in total. The third kappa shape index (κ3) is 4.86. The van der Waals surface area contributed by atoms with E-state index in [2.05, 4.69) is 15.2 Å². The van der Waals surface area contributed by atoms with Crippen LogP contribution in [-0.4, -0.2) is 44.9 Å².